The van der Waals surface area contributed by atoms with Gasteiger partial charge < -0.3 is 14.2 Å². The number of ether oxygens (including phenoxy) is 3. The highest BCUT2D eigenvalue weighted by atomic mass is 16.5. The van der Waals surface area contributed by atoms with Crippen molar-refractivity contribution in [3.8, 4) is 17.4 Å². The van der Waals surface area contributed by atoms with Crippen molar-refractivity contribution in [2.45, 2.75) is 6.92 Å². The Hall–Kier alpha value is -2.63. The average molecular weight is 274 g/mol. The van der Waals surface area contributed by atoms with Gasteiger partial charge in [-0.3, -0.25) is 4.98 Å². The number of para-hydroxylation sites is 2. The van der Waals surface area contributed by atoms with Gasteiger partial charge in [-0.1, -0.05) is 12.1 Å². The van der Waals surface area contributed by atoms with Gasteiger partial charge in [-0.05, 0) is 19.1 Å². The lowest BCUT2D eigenvalue weighted by Crippen LogP contribution is -2.05. The van der Waals surface area contributed by atoms with Crippen molar-refractivity contribution in [1.82, 2.24) is 9.97 Å². The molecule has 0 aliphatic rings. The van der Waals surface area contributed by atoms with Gasteiger partial charge >= 0.3 is 5.97 Å². The number of hydrogen-bond donors (Lipinski definition) is 0. The lowest BCUT2D eigenvalue weighted by Gasteiger charge is -2.10. The second-order valence-electron chi connectivity index (χ2n) is 3.72. The van der Waals surface area contributed by atoms with Crippen LogP contribution in [-0.4, -0.2) is 29.7 Å². The molecule has 0 bridgehead atoms. The van der Waals surface area contributed by atoms with Crippen molar-refractivity contribution in [3.05, 3.63) is 42.4 Å². The monoisotopic (exact) mass is 274 g/mol. The summed E-state index contributed by atoms with van der Waals surface area (Å²) in [6.45, 7) is 2.41. The molecule has 20 heavy (non-hydrogen) atoms. The maximum atomic E-state index is 11.4. The van der Waals surface area contributed by atoms with Crippen molar-refractivity contribution in [2.75, 3.05) is 13.7 Å². The molecule has 0 saturated heterocycles. The van der Waals surface area contributed by atoms with Gasteiger partial charge in [0, 0.05) is 0 Å². The number of benzene rings is 1. The third kappa shape index (κ3) is 3.23. The maximum absolute atomic E-state index is 11.4. The molecule has 0 aliphatic heterocycles. The number of methoxy groups -OCH3 is 1. The van der Waals surface area contributed by atoms with Crippen LogP contribution in [0.3, 0.4) is 0 Å². The Balaban J connectivity index is 2.24. The quantitative estimate of drug-likeness (QED) is 0.780. The van der Waals surface area contributed by atoms with Crippen LogP contribution in [0, 0.1) is 0 Å². The minimum Gasteiger partial charge on any atom is -0.490 e. The van der Waals surface area contributed by atoms with E-state index < -0.39 is 5.97 Å². The standard InChI is InChI=1S/C14H14N2O4/c1-3-19-11-6-4-5-7-12(11)20-13-9-15-8-10(16-13)14(17)18-2/h4-9H,3H2,1-2H3. The first-order valence-electron chi connectivity index (χ1n) is 6.04. The van der Waals surface area contributed by atoms with E-state index in [-0.39, 0.29) is 11.6 Å². The highest BCUT2D eigenvalue weighted by Gasteiger charge is 2.11. The average Bonchev–Trinajstić information content (AvgIpc) is 2.49. The smallest absolute Gasteiger partial charge is 0.358 e. The minimum atomic E-state index is -0.568. The minimum absolute atomic E-state index is 0.0823. The van der Waals surface area contributed by atoms with Gasteiger partial charge in [0.1, 0.15) is 0 Å². The molecule has 0 amide bonds. The predicted molar refractivity (Wildman–Crippen MR) is 71.1 cm³/mol. The Morgan fingerprint density at radius 1 is 1.20 bits per heavy atom. The summed E-state index contributed by atoms with van der Waals surface area (Å²) in [4.78, 5) is 19.3. The largest absolute Gasteiger partial charge is 0.490 e. The van der Waals surface area contributed by atoms with E-state index in [1.165, 1.54) is 19.5 Å². The number of carbonyl (C=O) groups is 1. The Morgan fingerprint density at radius 3 is 2.65 bits per heavy atom. The molecule has 2 rings (SSSR count). The van der Waals surface area contributed by atoms with E-state index in [1.807, 2.05) is 19.1 Å². The zero-order valence-electron chi connectivity index (χ0n) is 11.2. The molecule has 0 saturated carbocycles. The Bertz CT molecular complexity index is 601. The molecule has 0 unspecified atom stereocenters. The summed E-state index contributed by atoms with van der Waals surface area (Å²) in [6, 6.07) is 7.19. The molecule has 6 heteroatoms. The normalized spacial score (nSPS) is 9.90. The van der Waals surface area contributed by atoms with Gasteiger partial charge in [-0.15, -0.1) is 0 Å². The second-order valence-corrected chi connectivity index (χ2v) is 3.72. The van der Waals surface area contributed by atoms with Crippen LogP contribution < -0.4 is 9.47 Å². The summed E-state index contributed by atoms with van der Waals surface area (Å²) in [5, 5.41) is 0. The van der Waals surface area contributed by atoms with Crippen LogP contribution in [0.2, 0.25) is 0 Å². The zero-order valence-corrected chi connectivity index (χ0v) is 11.2. The number of esters is 1. The van der Waals surface area contributed by atoms with E-state index in [9.17, 15) is 4.79 Å². The Labute approximate surface area is 116 Å². The summed E-state index contributed by atoms with van der Waals surface area (Å²) < 4.78 is 15.6. The van der Waals surface area contributed by atoms with Crippen LogP contribution in [0.15, 0.2) is 36.7 Å². The molecule has 0 spiro atoms. The Kier molecular flexibility index (Phi) is 4.49. The topological polar surface area (TPSA) is 70.5 Å². The number of rotatable bonds is 5. The van der Waals surface area contributed by atoms with Gasteiger partial charge in [0.15, 0.2) is 17.2 Å². The van der Waals surface area contributed by atoms with Gasteiger partial charge in [0.2, 0.25) is 5.88 Å². The number of nitrogens with zero attached hydrogens (tertiary/aromatic N) is 2. The summed E-state index contributed by atoms with van der Waals surface area (Å²) in [7, 11) is 1.28. The van der Waals surface area contributed by atoms with Gasteiger partial charge in [-0.25, -0.2) is 9.78 Å². The first-order chi connectivity index (χ1) is 9.74. The molecule has 0 fully saturated rings. The molecule has 0 atom stereocenters. The van der Waals surface area contributed by atoms with Crippen LogP contribution in [0.4, 0.5) is 0 Å². The molecule has 1 aromatic heterocycles. The lowest BCUT2D eigenvalue weighted by molar-refractivity contribution is 0.0592. The molecule has 0 N–H and O–H groups in total. The third-order valence-electron chi connectivity index (χ3n) is 2.37. The molecule has 0 radical (unpaired) electrons. The number of hydrogen-bond acceptors (Lipinski definition) is 6. The molecule has 1 aromatic carbocycles. The van der Waals surface area contributed by atoms with Crippen molar-refractivity contribution < 1.29 is 19.0 Å². The highest BCUT2D eigenvalue weighted by molar-refractivity contribution is 5.86. The summed E-state index contributed by atoms with van der Waals surface area (Å²) in [5.74, 6) is 0.729. The van der Waals surface area contributed by atoms with E-state index in [4.69, 9.17) is 9.47 Å². The number of aromatic nitrogens is 2. The van der Waals surface area contributed by atoms with Crippen LogP contribution >= 0.6 is 0 Å². The van der Waals surface area contributed by atoms with Crippen molar-refractivity contribution in [2.24, 2.45) is 0 Å². The molecule has 6 nitrogen and oxygen atoms in total. The third-order valence-corrected chi connectivity index (χ3v) is 2.37. The van der Waals surface area contributed by atoms with Crippen LogP contribution in [0.25, 0.3) is 0 Å². The fraction of sp³-hybridized carbons (Fsp3) is 0.214. The lowest BCUT2D eigenvalue weighted by atomic mass is 10.3. The fourth-order valence-electron chi connectivity index (χ4n) is 1.52. The van der Waals surface area contributed by atoms with E-state index in [0.29, 0.717) is 18.1 Å². The zero-order chi connectivity index (χ0) is 14.4. The first-order valence-corrected chi connectivity index (χ1v) is 6.04. The maximum Gasteiger partial charge on any atom is 0.358 e. The molecule has 2 aromatic rings. The molecule has 1 heterocycles. The summed E-state index contributed by atoms with van der Waals surface area (Å²) in [6.07, 6.45) is 2.72. The van der Waals surface area contributed by atoms with E-state index >= 15 is 0 Å². The SMILES string of the molecule is CCOc1ccccc1Oc1cncc(C(=O)OC)n1. The van der Waals surface area contributed by atoms with Gasteiger partial charge in [0.05, 0.1) is 26.1 Å². The Morgan fingerprint density at radius 2 is 1.95 bits per heavy atom. The van der Waals surface area contributed by atoms with Crippen LogP contribution in [-0.2, 0) is 4.74 Å². The van der Waals surface area contributed by atoms with Crippen LogP contribution in [0.5, 0.6) is 17.4 Å². The first kappa shape index (κ1) is 13.8. The van der Waals surface area contributed by atoms with Crippen LogP contribution in [0.1, 0.15) is 17.4 Å². The summed E-state index contributed by atoms with van der Waals surface area (Å²) >= 11 is 0. The second kappa shape index (κ2) is 6.51. The van der Waals surface area contributed by atoms with Crippen molar-refractivity contribution >= 4 is 5.97 Å². The van der Waals surface area contributed by atoms with Gasteiger partial charge in [0.25, 0.3) is 0 Å². The number of carbonyl (C=O) groups excluding carboxylic acids is 1. The molecular weight excluding hydrogens is 260 g/mol. The predicted octanol–water partition coefficient (Wildman–Crippen LogP) is 2.45. The highest BCUT2D eigenvalue weighted by Crippen LogP contribution is 2.30. The molecule has 104 valence electrons. The van der Waals surface area contributed by atoms with Gasteiger partial charge in [-0.2, -0.15) is 0 Å². The molecule has 0 aliphatic carbocycles. The van der Waals surface area contributed by atoms with Crippen molar-refractivity contribution in [3.63, 3.8) is 0 Å². The van der Waals surface area contributed by atoms with E-state index in [0.717, 1.165) is 0 Å². The van der Waals surface area contributed by atoms with E-state index in [1.54, 1.807) is 12.1 Å². The summed E-state index contributed by atoms with van der Waals surface area (Å²) in [5.41, 5.74) is 0.0823. The molecular formula is C14H14N2O4. The fourth-order valence-corrected chi connectivity index (χ4v) is 1.52. The van der Waals surface area contributed by atoms with E-state index in [2.05, 4.69) is 14.7 Å². The van der Waals surface area contributed by atoms with Crippen molar-refractivity contribution in [1.29, 1.82) is 0 Å².